The molecule has 0 aliphatic carbocycles. The van der Waals surface area contributed by atoms with Crippen molar-refractivity contribution in [3.63, 3.8) is 0 Å². The molecule has 0 saturated carbocycles. The van der Waals surface area contributed by atoms with E-state index in [1.54, 1.807) is 25.6 Å². The lowest BCUT2D eigenvalue weighted by atomic mass is 10.1. The summed E-state index contributed by atoms with van der Waals surface area (Å²) in [5, 5.41) is 0.606. The van der Waals surface area contributed by atoms with Gasteiger partial charge in [0.2, 0.25) is 5.95 Å². The first-order valence-corrected chi connectivity index (χ1v) is 10.9. The van der Waals surface area contributed by atoms with Crippen molar-refractivity contribution in [2.45, 2.75) is 42.8 Å². The lowest BCUT2D eigenvalue weighted by molar-refractivity contribution is 0.414. The number of nitrogens with zero attached hydrogens (tertiary/aromatic N) is 5. The maximum absolute atomic E-state index is 13.3. The molecule has 1 fully saturated rings. The molecule has 0 unspecified atom stereocenters. The molecule has 3 heterocycles. The molecule has 3 aromatic rings. The smallest absolute Gasteiger partial charge is 0.280 e. The monoisotopic (exact) mass is 423 g/mol. The van der Waals surface area contributed by atoms with E-state index in [0.717, 1.165) is 42.5 Å². The lowest BCUT2D eigenvalue weighted by Gasteiger charge is -2.27. The van der Waals surface area contributed by atoms with Crippen LogP contribution >= 0.6 is 11.8 Å². The molecular formula is C22H25N5O2S. The maximum atomic E-state index is 13.3. The third-order valence-corrected chi connectivity index (χ3v) is 6.30. The molecule has 1 aromatic carbocycles. The van der Waals surface area contributed by atoms with Crippen molar-refractivity contribution in [3.8, 4) is 17.6 Å². The Morgan fingerprint density at radius 3 is 2.53 bits per heavy atom. The summed E-state index contributed by atoms with van der Waals surface area (Å²) < 4.78 is 8.73. The summed E-state index contributed by atoms with van der Waals surface area (Å²) in [5.41, 5.74) is 0.886. The molecule has 0 N–H and O–H groups in total. The number of hydrogen-bond donors (Lipinski definition) is 0. The Labute approximate surface area is 180 Å². The fourth-order valence-electron chi connectivity index (χ4n) is 3.61. The number of anilines is 1. The van der Waals surface area contributed by atoms with E-state index in [2.05, 4.69) is 16.7 Å². The molecule has 4 rings (SSSR count). The highest BCUT2D eigenvalue weighted by molar-refractivity contribution is 7.99. The predicted molar refractivity (Wildman–Crippen MR) is 119 cm³/mol. The second kappa shape index (κ2) is 8.84. The number of methoxy groups -OCH3 is 1. The fraction of sp³-hybridized carbons (Fsp3) is 0.409. The Balaban J connectivity index is 1.79. The van der Waals surface area contributed by atoms with E-state index in [9.17, 15) is 4.79 Å². The van der Waals surface area contributed by atoms with Crippen LogP contribution in [-0.4, -0.2) is 39.3 Å². The van der Waals surface area contributed by atoms with E-state index in [4.69, 9.17) is 14.7 Å². The van der Waals surface area contributed by atoms with Gasteiger partial charge < -0.3 is 9.64 Å². The van der Waals surface area contributed by atoms with Gasteiger partial charge in [-0.05, 0) is 50.5 Å². The summed E-state index contributed by atoms with van der Waals surface area (Å²) >= 11 is 1.44. The van der Waals surface area contributed by atoms with E-state index in [1.807, 2.05) is 28.8 Å². The van der Waals surface area contributed by atoms with Gasteiger partial charge in [-0.3, -0.25) is 13.9 Å². The van der Waals surface area contributed by atoms with Crippen LogP contribution in [0, 0.1) is 11.8 Å². The zero-order chi connectivity index (χ0) is 21.1. The first-order chi connectivity index (χ1) is 14.6. The Morgan fingerprint density at radius 1 is 1.13 bits per heavy atom. The van der Waals surface area contributed by atoms with Crippen molar-refractivity contribution in [2.75, 3.05) is 25.1 Å². The van der Waals surface area contributed by atoms with Crippen LogP contribution in [0.4, 0.5) is 5.95 Å². The number of fused-ring (bicyclic) bond motifs is 1. The molecule has 2 aromatic heterocycles. The largest absolute Gasteiger partial charge is 0.497 e. The van der Waals surface area contributed by atoms with Crippen LogP contribution in [0.25, 0.3) is 11.2 Å². The molecule has 1 aliphatic heterocycles. The van der Waals surface area contributed by atoms with Gasteiger partial charge in [-0.1, -0.05) is 17.7 Å². The van der Waals surface area contributed by atoms with Gasteiger partial charge in [0.25, 0.3) is 5.56 Å². The zero-order valence-electron chi connectivity index (χ0n) is 17.5. The van der Waals surface area contributed by atoms with Crippen molar-refractivity contribution in [1.82, 2.24) is 19.1 Å². The second-order valence-corrected chi connectivity index (χ2v) is 8.22. The molecule has 0 atom stereocenters. The number of rotatable bonds is 5. The van der Waals surface area contributed by atoms with Crippen LogP contribution in [0.2, 0.25) is 0 Å². The average molecular weight is 424 g/mol. The van der Waals surface area contributed by atoms with Crippen LogP contribution < -0.4 is 15.2 Å². The molecule has 156 valence electrons. The number of imidazole rings is 1. The number of piperidine rings is 1. The Kier molecular flexibility index (Phi) is 6.00. The van der Waals surface area contributed by atoms with Gasteiger partial charge in [0, 0.05) is 25.0 Å². The number of ether oxygens (including phenoxy) is 1. The van der Waals surface area contributed by atoms with E-state index in [0.29, 0.717) is 22.9 Å². The van der Waals surface area contributed by atoms with Crippen molar-refractivity contribution in [3.05, 3.63) is 34.6 Å². The lowest BCUT2D eigenvalue weighted by Crippen LogP contribution is -2.32. The van der Waals surface area contributed by atoms with Gasteiger partial charge in [-0.25, -0.2) is 4.98 Å². The molecule has 0 amide bonds. The minimum absolute atomic E-state index is 0.107. The summed E-state index contributed by atoms with van der Waals surface area (Å²) in [4.78, 5) is 26.0. The van der Waals surface area contributed by atoms with E-state index < -0.39 is 0 Å². The van der Waals surface area contributed by atoms with Crippen LogP contribution in [0.15, 0.2) is 39.1 Å². The molecule has 0 radical (unpaired) electrons. The highest BCUT2D eigenvalue weighted by Gasteiger charge is 2.23. The topological polar surface area (TPSA) is 65.2 Å². The van der Waals surface area contributed by atoms with Gasteiger partial charge in [0.1, 0.15) is 5.75 Å². The molecule has 0 spiro atoms. The standard InChI is InChI=1S/C22H25N5O2S/c1-4-5-15-27-18-19(23-21(27)26-13-7-6-8-14-26)24-22(25(2)20(18)28)30-17-11-9-16(29-3)10-12-17/h9-12H,6-8,13-15H2,1-3H3. The summed E-state index contributed by atoms with van der Waals surface area (Å²) in [7, 11) is 3.39. The van der Waals surface area contributed by atoms with Crippen LogP contribution in [0.3, 0.4) is 0 Å². The molecule has 30 heavy (non-hydrogen) atoms. The molecule has 1 aliphatic rings. The predicted octanol–water partition coefficient (Wildman–Crippen LogP) is 3.30. The van der Waals surface area contributed by atoms with Gasteiger partial charge >= 0.3 is 0 Å². The van der Waals surface area contributed by atoms with E-state index >= 15 is 0 Å². The summed E-state index contributed by atoms with van der Waals surface area (Å²) in [6, 6.07) is 7.69. The maximum Gasteiger partial charge on any atom is 0.280 e. The van der Waals surface area contributed by atoms with Crippen molar-refractivity contribution in [2.24, 2.45) is 7.05 Å². The van der Waals surface area contributed by atoms with Crippen molar-refractivity contribution >= 4 is 28.9 Å². The molecule has 0 bridgehead atoms. The minimum Gasteiger partial charge on any atom is -0.497 e. The number of hydrogen-bond acceptors (Lipinski definition) is 6. The molecule has 1 saturated heterocycles. The molecule has 7 nitrogen and oxygen atoms in total. The quantitative estimate of drug-likeness (QED) is 0.463. The highest BCUT2D eigenvalue weighted by atomic mass is 32.2. The number of aromatic nitrogens is 4. The zero-order valence-corrected chi connectivity index (χ0v) is 18.3. The first-order valence-electron chi connectivity index (χ1n) is 10.1. The second-order valence-electron chi connectivity index (χ2n) is 7.18. The van der Waals surface area contributed by atoms with Crippen LogP contribution in [-0.2, 0) is 13.6 Å². The summed E-state index contributed by atoms with van der Waals surface area (Å²) in [6.07, 6.45) is 3.49. The SMILES string of the molecule is CC#CCn1c(N2CCCCC2)nc2nc(Sc3ccc(OC)cc3)n(C)c(=O)c21. The normalized spacial score (nSPS) is 13.9. The van der Waals surface area contributed by atoms with Crippen molar-refractivity contribution in [1.29, 1.82) is 0 Å². The first kappa shape index (κ1) is 20.4. The Hall–Kier alpha value is -2.92. The summed E-state index contributed by atoms with van der Waals surface area (Å²) in [5.74, 6) is 7.60. The van der Waals surface area contributed by atoms with Crippen LogP contribution in [0.1, 0.15) is 26.2 Å². The van der Waals surface area contributed by atoms with Crippen LogP contribution in [0.5, 0.6) is 5.75 Å². The number of benzene rings is 1. The van der Waals surface area contributed by atoms with Gasteiger partial charge in [-0.15, -0.1) is 5.92 Å². The Morgan fingerprint density at radius 2 is 1.87 bits per heavy atom. The van der Waals surface area contributed by atoms with Gasteiger partial charge in [0.05, 0.1) is 13.7 Å². The fourth-order valence-corrected chi connectivity index (χ4v) is 4.45. The van der Waals surface area contributed by atoms with E-state index in [1.165, 1.54) is 18.2 Å². The highest BCUT2D eigenvalue weighted by Crippen LogP contribution is 2.29. The van der Waals surface area contributed by atoms with Crippen molar-refractivity contribution < 1.29 is 4.74 Å². The Bertz CT molecular complexity index is 1160. The minimum atomic E-state index is -0.107. The summed E-state index contributed by atoms with van der Waals surface area (Å²) in [6.45, 7) is 4.12. The van der Waals surface area contributed by atoms with Gasteiger partial charge in [0.15, 0.2) is 16.3 Å². The third kappa shape index (κ3) is 3.90. The van der Waals surface area contributed by atoms with E-state index in [-0.39, 0.29) is 5.56 Å². The molecular weight excluding hydrogens is 398 g/mol. The average Bonchev–Trinajstić information content (AvgIpc) is 3.15. The third-order valence-electron chi connectivity index (χ3n) is 5.25. The molecule has 8 heteroatoms. The van der Waals surface area contributed by atoms with Gasteiger partial charge in [-0.2, -0.15) is 4.98 Å².